The minimum absolute atomic E-state index is 0.377. The Morgan fingerprint density at radius 3 is 2.95 bits per heavy atom. The summed E-state index contributed by atoms with van der Waals surface area (Å²) < 4.78 is 7.00. The third-order valence-electron chi connectivity index (χ3n) is 3.20. The lowest BCUT2D eigenvalue weighted by Gasteiger charge is -2.08. The molecule has 0 saturated heterocycles. The molecular weight excluding hydrogens is 256 g/mol. The van der Waals surface area contributed by atoms with Crippen LogP contribution in [0.4, 0.5) is 5.95 Å². The first kappa shape index (κ1) is 12.3. The molecule has 0 spiro atoms. The molecule has 20 heavy (non-hydrogen) atoms. The molecule has 0 aliphatic carbocycles. The molecule has 0 aromatic carbocycles. The first-order valence-corrected chi connectivity index (χ1v) is 6.11. The minimum Gasteiger partial charge on any atom is -0.479 e. The summed E-state index contributed by atoms with van der Waals surface area (Å²) in [5.74, 6) is 0.797. The van der Waals surface area contributed by atoms with E-state index in [0.717, 1.165) is 11.1 Å². The Morgan fingerprint density at radius 2 is 2.20 bits per heavy atom. The van der Waals surface area contributed by atoms with Crippen LogP contribution in [0.2, 0.25) is 0 Å². The highest BCUT2D eigenvalue weighted by Crippen LogP contribution is 2.23. The number of aromatic nitrogens is 5. The zero-order valence-electron chi connectivity index (χ0n) is 11.2. The fourth-order valence-electron chi connectivity index (χ4n) is 2.07. The fourth-order valence-corrected chi connectivity index (χ4v) is 2.07. The predicted molar refractivity (Wildman–Crippen MR) is 74.4 cm³/mol. The number of pyridine rings is 1. The van der Waals surface area contributed by atoms with Gasteiger partial charge < -0.3 is 10.5 Å². The lowest BCUT2D eigenvalue weighted by Crippen LogP contribution is -2.06. The van der Waals surface area contributed by atoms with Crippen molar-refractivity contribution in [1.82, 2.24) is 24.5 Å². The van der Waals surface area contributed by atoms with Crippen molar-refractivity contribution in [3.63, 3.8) is 0 Å². The number of fused-ring (bicyclic) bond motifs is 1. The number of nitrogen functional groups attached to an aromatic ring is 1. The van der Waals surface area contributed by atoms with Crippen LogP contribution in [0, 0.1) is 6.92 Å². The van der Waals surface area contributed by atoms with Crippen LogP contribution >= 0.6 is 0 Å². The quantitative estimate of drug-likeness (QED) is 0.768. The maximum atomic E-state index is 5.98. The molecule has 102 valence electrons. The number of anilines is 1. The van der Waals surface area contributed by atoms with E-state index in [1.165, 1.54) is 6.33 Å². The van der Waals surface area contributed by atoms with Gasteiger partial charge in [-0.3, -0.25) is 9.55 Å². The van der Waals surface area contributed by atoms with Crippen molar-refractivity contribution in [2.75, 3.05) is 12.8 Å². The van der Waals surface area contributed by atoms with Crippen LogP contribution in [0.25, 0.3) is 11.2 Å². The smallest absolute Gasteiger partial charge is 0.245 e. The highest BCUT2D eigenvalue weighted by Gasteiger charge is 2.15. The average molecular weight is 270 g/mol. The van der Waals surface area contributed by atoms with Crippen LogP contribution in [-0.2, 0) is 6.54 Å². The van der Waals surface area contributed by atoms with Gasteiger partial charge in [0.1, 0.15) is 6.33 Å². The van der Waals surface area contributed by atoms with E-state index >= 15 is 0 Å². The maximum Gasteiger partial charge on any atom is 0.245 e. The summed E-state index contributed by atoms with van der Waals surface area (Å²) >= 11 is 0. The number of hydrogen-bond acceptors (Lipinski definition) is 6. The van der Waals surface area contributed by atoms with E-state index in [1.54, 1.807) is 13.3 Å². The molecule has 0 atom stereocenters. The van der Waals surface area contributed by atoms with Gasteiger partial charge in [-0.05, 0) is 24.1 Å². The van der Waals surface area contributed by atoms with Gasteiger partial charge in [-0.1, -0.05) is 0 Å². The summed E-state index contributed by atoms with van der Waals surface area (Å²) in [5, 5.41) is 0. The minimum atomic E-state index is 0.377. The van der Waals surface area contributed by atoms with Gasteiger partial charge in [0.2, 0.25) is 11.8 Å². The number of rotatable bonds is 3. The van der Waals surface area contributed by atoms with Crippen molar-refractivity contribution in [3.8, 4) is 5.88 Å². The number of nitrogens with two attached hydrogens (primary N) is 1. The molecule has 0 bridgehead atoms. The van der Waals surface area contributed by atoms with Gasteiger partial charge in [0.05, 0.1) is 13.7 Å². The van der Waals surface area contributed by atoms with Crippen LogP contribution < -0.4 is 10.5 Å². The average Bonchev–Trinajstić information content (AvgIpc) is 2.77. The van der Waals surface area contributed by atoms with Gasteiger partial charge in [-0.15, -0.1) is 0 Å². The van der Waals surface area contributed by atoms with Crippen molar-refractivity contribution in [3.05, 3.63) is 35.9 Å². The van der Waals surface area contributed by atoms with Gasteiger partial charge in [-0.25, -0.2) is 9.97 Å². The summed E-state index contributed by atoms with van der Waals surface area (Å²) in [6.45, 7) is 2.59. The number of nitrogens with zero attached hydrogens (tertiary/aromatic N) is 5. The van der Waals surface area contributed by atoms with Gasteiger partial charge in [0.25, 0.3) is 0 Å². The standard InChI is InChI=1S/C13H14N6O/c1-8-3-4-15-5-9(8)6-19-11-10(18-13(19)14)12(20-2)17-7-16-11/h3-5,7H,6H2,1-2H3,(H2,14,18). The highest BCUT2D eigenvalue weighted by atomic mass is 16.5. The fraction of sp³-hybridized carbons (Fsp3) is 0.231. The van der Waals surface area contributed by atoms with Crippen LogP contribution in [0.5, 0.6) is 5.88 Å². The SMILES string of the molecule is COc1ncnc2c1nc(N)n2Cc1cnccc1C. The highest BCUT2D eigenvalue weighted by molar-refractivity contribution is 5.79. The Balaban J connectivity index is 2.13. The summed E-state index contributed by atoms with van der Waals surface area (Å²) in [5.41, 5.74) is 9.40. The van der Waals surface area contributed by atoms with Crippen LogP contribution in [0.3, 0.4) is 0 Å². The van der Waals surface area contributed by atoms with Crippen LogP contribution in [0.15, 0.2) is 24.8 Å². The van der Waals surface area contributed by atoms with E-state index in [-0.39, 0.29) is 0 Å². The van der Waals surface area contributed by atoms with Gasteiger partial charge in [-0.2, -0.15) is 4.98 Å². The Bertz CT molecular complexity index is 767. The molecule has 0 amide bonds. The molecular formula is C13H14N6O. The van der Waals surface area contributed by atoms with Gasteiger partial charge in [0, 0.05) is 12.4 Å². The van der Waals surface area contributed by atoms with Gasteiger partial charge in [0.15, 0.2) is 11.2 Å². The molecule has 7 nitrogen and oxygen atoms in total. The molecule has 0 radical (unpaired) electrons. The van der Waals surface area contributed by atoms with Crippen LogP contribution in [-0.4, -0.2) is 31.6 Å². The lowest BCUT2D eigenvalue weighted by atomic mass is 10.1. The zero-order valence-corrected chi connectivity index (χ0v) is 11.2. The molecule has 0 aliphatic heterocycles. The third kappa shape index (κ3) is 1.93. The van der Waals surface area contributed by atoms with Crippen molar-refractivity contribution >= 4 is 17.1 Å². The molecule has 3 heterocycles. The molecule has 3 rings (SSSR count). The molecule has 3 aromatic rings. The summed E-state index contributed by atoms with van der Waals surface area (Å²) in [6, 6.07) is 1.96. The largest absolute Gasteiger partial charge is 0.479 e. The predicted octanol–water partition coefficient (Wildman–Crippen LogP) is 1.17. The molecule has 0 unspecified atom stereocenters. The van der Waals surface area contributed by atoms with E-state index in [1.807, 2.05) is 23.8 Å². The normalized spacial score (nSPS) is 10.9. The molecule has 7 heteroatoms. The summed E-state index contributed by atoms with van der Waals surface area (Å²) in [4.78, 5) is 16.7. The van der Waals surface area contributed by atoms with Crippen molar-refractivity contribution in [2.45, 2.75) is 13.5 Å². The third-order valence-corrected chi connectivity index (χ3v) is 3.20. The second-order valence-corrected chi connectivity index (χ2v) is 4.41. The monoisotopic (exact) mass is 270 g/mol. The number of hydrogen-bond donors (Lipinski definition) is 1. The van der Waals surface area contributed by atoms with Gasteiger partial charge >= 0.3 is 0 Å². The second-order valence-electron chi connectivity index (χ2n) is 4.41. The van der Waals surface area contributed by atoms with E-state index < -0.39 is 0 Å². The first-order chi connectivity index (χ1) is 9.70. The Kier molecular flexibility index (Phi) is 2.94. The number of aryl methyl sites for hydroxylation is 1. The number of methoxy groups -OCH3 is 1. The Morgan fingerprint density at radius 1 is 1.35 bits per heavy atom. The summed E-state index contributed by atoms with van der Waals surface area (Å²) in [7, 11) is 1.54. The van der Waals surface area contributed by atoms with E-state index in [9.17, 15) is 0 Å². The maximum absolute atomic E-state index is 5.98. The summed E-state index contributed by atoms with van der Waals surface area (Å²) in [6.07, 6.45) is 5.02. The first-order valence-electron chi connectivity index (χ1n) is 6.11. The zero-order chi connectivity index (χ0) is 14.1. The molecule has 3 aromatic heterocycles. The Labute approximate surface area is 115 Å². The second kappa shape index (κ2) is 4.76. The topological polar surface area (TPSA) is 91.7 Å². The lowest BCUT2D eigenvalue weighted by molar-refractivity contribution is 0.401. The van der Waals surface area contributed by atoms with Crippen LogP contribution in [0.1, 0.15) is 11.1 Å². The van der Waals surface area contributed by atoms with Crippen molar-refractivity contribution in [2.24, 2.45) is 0 Å². The molecule has 0 aliphatic rings. The number of imidazole rings is 1. The van der Waals surface area contributed by atoms with Crippen molar-refractivity contribution in [1.29, 1.82) is 0 Å². The van der Waals surface area contributed by atoms with E-state index in [0.29, 0.717) is 29.5 Å². The molecule has 0 saturated carbocycles. The Hall–Kier alpha value is -2.70. The van der Waals surface area contributed by atoms with E-state index in [4.69, 9.17) is 10.5 Å². The number of ether oxygens (including phenoxy) is 1. The van der Waals surface area contributed by atoms with Crippen molar-refractivity contribution < 1.29 is 4.74 Å². The molecule has 0 fully saturated rings. The molecule has 2 N–H and O–H groups in total. The van der Waals surface area contributed by atoms with E-state index in [2.05, 4.69) is 19.9 Å².